The summed E-state index contributed by atoms with van der Waals surface area (Å²) in [5.41, 5.74) is 6.15. The lowest BCUT2D eigenvalue weighted by molar-refractivity contribution is -0.384. The van der Waals surface area contributed by atoms with Crippen LogP contribution in [0.1, 0.15) is 16.7 Å². The molecule has 0 N–H and O–H groups in total. The highest BCUT2D eigenvalue weighted by atomic mass is 32.1. The van der Waals surface area contributed by atoms with Crippen LogP contribution in [-0.4, -0.2) is 16.3 Å². The largest absolute Gasteiger partial charge is 0.454 e. The minimum absolute atomic E-state index is 0.0662. The number of nitro groups is 1. The van der Waals surface area contributed by atoms with Crippen molar-refractivity contribution in [3.05, 3.63) is 97.6 Å². The van der Waals surface area contributed by atoms with Gasteiger partial charge < -0.3 is 14.0 Å². The maximum Gasteiger partial charge on any atom is 0.269 e. The summed E-state index contributed by atoms with van der Waals surface area (Å²) < 4.78 is 13.1. The van der Waals surface area contributed by atoms with Crippen molar-refractivity contribution < 1.29 is 14.4 Å². The minimum atomic E-state index is -0.390. The molecule has 0 fully saturated rings. The number of thiazole rings is 1. The van der Waals surface area contributed by atoms with Crippen molar-refractivity contribution in [2.75, 3.05) is 6.79 Å². The van der Waals surface area contributed by atoms with Gasteiger partial charge in [0.25, 0.3) is 5.69 Å². The summed E-state index contributed by atoms with van der Waals surface area (Å²) in [6.45, 7) is 4.91. The van der Waals surface area contributed by atoms with Gasteiger partial charge in [-0.25, -0.2) is 4.99 Å². The Balaban J connectivity index is 1.62. The molecular weight excluding hydrogens is 438 g/mol. The highest BCUT2D eigenvalue weighted by Crippen LogP contribution is 2.33. The number of nitro benzene ring substituents is 1. The SMILES string of the molecule is Cc1ccc(N=c2scc(-c3ccc([N+](=O)[O-])cc3)n2Cc2ccc3c(c2)OCO3)c(C)c1. The molecule has 5 rings (SSSR count). The molecule has 1 aliphatic rings. The molecule has 1 aromatic heterocycles. The van der Waals surface area contributed by atoms with Gasteiger partial charge in [0.2, 0.25) is 6.79 Å². The average molecular weight is 460 g/mol. The molecule has 0 saturated carbocycles. The second-order valence-corrected chi connectivity index (χ2v) is 8.72. The maximum atomic E-state index is 11.1. The second kappa shape index (κ2) is 8.55. The normalized spacial score (nSPS) is 12.8. The monoisotopic (exact) mass is 459 g/mol. The van der Waals surface area contributed by atoms with Gasteiger partial charge in [-0.15, -0.1) is 11.3 Å². The fraction of sp³-hybridized carbons (Fsp3) is 0.160. The first kappa shape index (κ1) is 21.0. The Labute approximate surface area is 194 Å². The van der Waals surface area contributed by atoms with Crippen molar-refractivity contribution in [1.29, 1.82) is 0 Å². The number of benzene rings is 3. The second-order valence-electron chi connectivity index (χ2n) is 7.88. The Morgan fingerprint density at radius 2 is 1.82 bits per heavy atom. The molecular formula is C25H21N3O4S. The molecule has 7 nitrogen and oxygen atoms in total. The molecule has 2 heterocycles. The minimum Gasteiger partial charge on any atom is -0.454 e. The van der Waals surface area contributed by atoms with Crippen LogP contribution < -0.4 is 14.3 Å². The van der Waals surface area contributed by atoms with Crippen molar-refractivity contribution in [3.8, 4) is 22.8 Å². The Bertz CT molecular complexity index is 1420. The zero-order chi connectivity index (χ0) is 22.9. The van der Waals surface area contributed by atoms with E-state index < -0.39 is 0 Å². The number of nitrogens with zero attached hydrogens (tertiary/aromatic N) is 3. The molecule has 0 aliphatic carbocycles. The van der Waals surface area contributed by atoms with Gasteiger partial charge in [0, 0.05) is 17.5 Å². The van der Waals surface area contributed by atoms with Crippen LogP contribution in [0.25, 0.3) is 11.3 Å². The van der Waals surface area contributed by atoms with Crippen LogP contribution in [-0.2, 0) is 6.54 Å². The number of hydrogen-bond acceptors (Lipinski definition) is 6. The maximum absolute atomic E-state index is 11.1. The molecule has 0 atom stereocenters. The predicted molar refractivity (Wildman–Crippen MR) is 127 cm³/mol. The summed E-state index contributed by atoms with van der Waals surface area (Å²) in [5, 5.41) is 13.1. The molecule has 0 amide bonds. The average Bonchev–Trinajstić information content (AvgIpc) is 3.42. The van der Waals surface area contributed by atoms with Crippen LogP contribution in [0.5, 0.6) is 11.5 Å². The van der Waals surface area contributed by atoms with Crippen molar-refractivity contribution in [2.24, 2.45) is 4.99 Å². The number of non-ortho nitro benzene ring substituents is 1. The molecule has 0 spiro atoms. The third-order valence-corrected chi connectivity index (χ3v) is 6.38. The lowest BCUT2D eigenvalue weighted by Crippen LogP contribution is -2.16. The first-order valence-electron chi connectivity index (χ1n) is 10.4. The van der Waals surface area contributed by atoms with Gasteiger partial charge in [-0.3, -0.25) is 10.1 Å². The molecule has 3 aromatic carbocycles. The lowest BCUT2D eigenvalue weighted by atomic mass is 10.1. The zero-order valence-corrected chi connectivity index (χ0v) is 19.0. The van der Waals surface area contributed by atoms with E-state index in [4.69, 9.17) is 14.5 Å². The van der Waals surface area contributed by atoms with Crippen molar-refractivity contribution in [2.45, 2.75) is 20.4 Å². The van der Waals surface area contributed by atoms with Crippen LogP contribution in [0.15, 0.2) is 71.0 Å². The summed E-state index contributed by atoms with van der Waals surface area (Å²) in [4.78, 5) is 16.5. The Morgan fingerprint density at radius 1 is 1.03 bits per heavy atom. The molecule has 0 bridgehead atoms. The number of hydrogen-bond donors (Lipinski definition) is 0. The number of rotatable bonds is 5. The van der Waals surface area contributed by atoms with E-state index >= 15 is 0 Å². The Hall–Kier alpha value is -3.91. The van der Waals surface area contributed by atoms with Gasteiger partial charge in [0.1, 0.15) is 0 Å². The van der Waals surface area contributed by atoms with Crippen molar-refractivity contribution in [1.82, 2.24) is 4.57 Å². The molecule has 4 aromatic rings. The van der Waals surface area contributed by atoms with Gasteiger partial charge in [0.05, 0.1) is 22.8 Å². The third-order valence-electron chi connectivity index (χ3n) is 5.52. The van der Waals surface area contributed by atoms with E-state index in [0.29, 0.717) is 6.54 Å². The lowest BCUT2D eigenvalue weighted by Gasteiger charge is -2.11. The first-order chi connectivity index (χ1) is 16.0. The van der Waals surface area contributed by atoms with Gasteiger partial charge in [-0.05, 0) is 60.9 Å². The molecule has 0 unspecified atom stereocenters. The standard InChI is InChI=1S/C25H21N3O4S/c1-16-3-9-21(17(2)11-16)26-25-27(13-18-4-10-23-24(12-18)32-15-31-23)22(14-33-25)19-5-7-20(8-6-19)28(29)30/h3-12,14H,13,15H2,1-2H3. The Morgan fingerprint density at radius 3 is 2.58 bits per heavy atom. The van der Waals surface area contributed by atoms with E-state index in [1.165, 1.54) is 17.7 Å². The number of fused-ring (bicyclic) bond motifs is 1. The molecule has 1 aliphatic heterocycles. The molecule has 8 heteroatoms. The van der Waals surface area contributed by atoms with Crippen molar-refractivity contribution in [3.63, 3.8) is 0 Å². The third kappa shape index (κ3) is 4.25. The van der Waals surface area contributed by atoms with Gasteiger partial charge in [-0.1, -0.05) is 23.8 Å². The van der Waals surface area contributed by atoms with Crippen LogP contribution >= 0.6 is 11.3 Å². The van der Waals surface area contributed by atoms with E-state index in [2.05, 4.69) is 30.5 Å². The molecule has 0 saturated heterocycles. The van der Waals surface area contributed by atoms with Crippen molar-refractivity contribution >= 4 is 22.7 Å². The van der Waals surface area contributed by atoms with E-state index in [-0.39, 0.29) is 17.4 Å². The van der Waals surface area contributed by atoms with Gasteiger partial charge in [0.15, 0.2) is 16.3 Å². The number of aryl methyl sites for hydroxylation is 2. The Kier molecular flexibility index (Phi) is 5.43. The summed E-state index contributed by atoms with van der Waals surface area (Å²) >= 11 is 1.54. The molecule has 0 radical (unpaired) electrons. The smallest absolute Gasteiger partial charge is 0.269 e. The summed E-state index contributed by atoms with van der Waals surface area (Å²) in [5.74, 6) is 1.47. The highest BCUT2D eigenvalue weighted by molar-refractivity contribution is 7.07. The summed E-state index contributed by atoms with van der Waals surface area (Å²) in [7, 11) is 0. The van der Waals surface area contributed by atoms with Crippen LogP contribution in [0, 0.1) is 24.0 Å². The fourth-order valence-corrected chi connectivity index (χ4v) is 4.73. The fourth-order valence-electron chi connectivity index (χ4n) is 3.81. The number of aromatic nitrogens is 1. The van der Waals surface area contributed by atoms with Crippen LogP contribution in [0.2, 0.25) is 0 Å². The van der Waals surface area contributed by atoms with E-state index in [9.17, 15) is 10.1 Å². The zero-order valence-electron chi connectivity index (χ0n) is 18.1. The first-order valence-corrected chi connectivity index (χ1v) is 11.3. The van der Waals surface area contributed by atoms with E-state index in [0.717, 1.165) is 44.4 Å². The molecule has 33 heavy (non-hydrogen) atoms. The summed E-state index contributed by atoms with van der Waals surface area (Å²) in [6.07, 6.45) is 0. The van der Waals surface area contributed by atoms with Crippen LogP contribution in [0.3, 0.4) is 0 Å². The van der Waals surface area contributed by atoms with E-state index in [1.54, 1.807) is 23.5 Å². The van der Waals surface area contributed by atoms with Gasteiger partial charge in [-0.2, -0.15) is 0 Å². The van der Waals surface area contributed by atoms with Crippen LogP contribution in [0.4, 0.5) is 11.4 Å². The van der Waals surface area contributed by atoms with E-state index in [1.807, 2.05) is 29.6 Å². The van der Waals surface area contributed by atoms with Gasteiger partial charge >= 0.3 is 0 Å². The summed E-state index contributed by atoms with van der Waals surface area (Å²) in [6, 6.07) is 18.7. The molecule has 166 valence electrons. The topological polar surface area (TPSA) is 78.9 Å². The number of ether oxygens (including phenoxy) is 2. The quantitative estimate of drug-likeness (QED) is 0.281. The highest BCUT2D eigenvalue weighted by Gasteiger charge is 2.16. The predicted octanol–water partition coefficient (Wildman–Crippen LogP) is 5.75.